The lowest BCUT2D eigenvalue weighted by Crippen LogP contribution is -2.07. The van der Waals surface area contributed by atoms with E-state index in [0.717, 1.165) is 23.1 Å². The van der Waals surface area contributed by atoms with E-state index in [4.69, 9.17) is 9.84 Å². The summed E-state index contributed by atoms with van der Waals surface area (Å²) in [7, 11) is 1.63. The Kier molecular flexibility index (Phi) is 4.94. The van der Waals surface area contributed by atoms with E-state index in [9.17, 15) is 4.79 Å². The number of rotatable bonds is 7. The molecular weight excluding hydrogens is 280 g/mol. The van der Waals surface area contributed by atoms with Gasteiger partial charge in [-0.3, -0.25) is 4.79 Å². The number of carboxylic acid groups (broad SMARTS) is 1. The molecule has 0 amide bonds. The molecule has 0 spiro atoms. The number of tetrazole rings is 1. The van der Waals surface area contributed by atoms with Gasteiger partial charge in [0.05, 0.1) is 12.9 Å². The molecule has 7 nitrogen and oxygen atoms in total. The van der Waals surface area contributed by atoms with Gasteiger partial charge < -0.3 is 9.84 Å². The Bertz CT molecular complexity index is 588. The van der Waals surface area contributed by atoms with Crippen LogP contribution in [0.2, 0.25) is 0 Å². The van der Waals surface area contributed by atoms with Gasteiger partial charge in [-0.05, 0) is 28.5 Å². The summed E-state index contributed by atoms with van der Waals surface area (Å²) in [5.41, 5.74) is 1.06. The molecule has 0 aliphatic carbocycles. The Labute approximate surface area is 119 Å². The van der Waals surface area contributed by atoms with Gasteiger partial charge in [-0.15, -0.1) is 5.10 Å². The molecule has 0 aliphatic rings. The summed E-state index contributed by atoms with van der Waals surface area (Å²) in [6.07, 6.45) is 0.704. The fourth-order valence-electron chi connectivity index (χ4n) is 1.70. The van der Waals surface area contributed by atoms with E-state index < -0.39 is 5.97 Å². The molecule has 2 aromatic rings. The van der Waals surface area contributed by atoms with Crippen molar-refractivity contribution in [3.63, 3.8) is 0 Å². The highest BCUT2D eigenvalue weighted by Crippen LogP contribution is 2.19. The average Bonchev–Trinajstić information content (AvgIpc) is 2.90. The Morgan fingerprint density at radius 2 is 2.25 bits per heavy atom. The molecule has 1 heterocycles. The van der Waals surface area contributed by atoms with E-state index in [-0.39, 0.29) is 5.75 Å². The van der Waals surface area contributed by atoms with Gasteiger partial charge in [0, 0.05) is 6.54 Å². The van der Waals surface area contributed by atoms with Crippen LogP contribution < -0.4 is 4.74 Å². The highest BCUT2D eigenvalue weighted by Gasteiger charge is 2.10. The number of aryl methyl sites for hydroxylation is 2. The van der Waals surface area contributed by atoms with Crippen LogP contribution in [0.1, 0.15) is 5.56 Å². The van der Waals surface area contributed by atoms with E-state index in [0.29, 0.717) is 18.1 Å². The first-order valence-electron chi connectivity index (χ1n) is 5.93. The number of carbonyl (C=O) groups is 1. The minimum absolute atomic E-state index is 0.0605. The molecule has 8 heteroatoms. The molecule has 20 heavy (non-hydrogen) atoms. The molecule has 0 atom stereocenters. The van der Waals surface area contributed by atoms with Crippen LogP contribution in [-0.4, -0.2) is 44.1 Å². The van der Waals surface area contributed by atoms with Crippen LogP contribution >= 0.6 is 11.8 Å². The lowest BCUT2D eigenvalue weighted by atomic mass is 10.1. The van der Waals surface area contributed by atoms with Crippen molar-refractivity contribution in [2.24, 2.45) is 0 Å². The summed E-state index contributed by atoms with van der Waals surface area (Å²) in [6, 6.07) is 7.73. The minimum atomic E-state index is -0.894. The topological polar surface area (TPSA) is 90.1 Å². The maximum Gasteiger partial charge on any atom is 0.313 e. The Morgan fingerprint density at radius 3 is 3.00 bits per heavy atom. The van der Waals surface area contributed by atoms with Crippen molar-refractivity contribution >= 4 is 17.7 Å². The van der Waals surface area contributed by atoms with Gasteiger partial charge in [0.1, 0.15) is 5.75 Å². The van der Waals surface area contributed by atoms with E-state index in [1.807, 2.05) is 24.3 Å². The number of aromatic nitrogens is 4. The molecule has 106 valence electrons. The van der Waals surface area contributed by atoms with Crippen LogP contribution in [0.15, 0.2) is 29.4 Å². The van der Waals surface area contributed by atoms with Crippen LogP contribution in [0.5, 0.6) is 5.75 Å². The first-order valence-corrected chi connectivity index (χ1v) is 6.92. The first-order chi connectivity index (χ1) is 9.70. The molecule has 0 aliphatic heterocycles. The van der Waals surface area contributed by atoms with Crippen molar-refractivity contribution < 1.29 is 14.6 Å². The zero-order valence-corrected chi connectivity index (χ0v) is 11.7. The number of benzene rings is 1. The van der Waals surface area contributed by atoms with Crippen molar-refractivity contribution in [3.8, 4) is 5.75 Å². The van der Waals surface area contributed by atoms with Crippen molar-refractivity contribution in [1.82, 2.24) is 20.2 Å². The third-order valence-electron chi connectivity index (χ3n) is 2.61. The summed E-state index contributed by atoms with van der Waals surface area (Å²) < 4.78 is 6.88. The summed E-state index contributed by atoms with van der Waals surface area (Å²) in [5.74, 6) is -0.135. The molecule has 1 aromatic carbocycles. The monoisotopic (exact) mass is 294 g/mol. The predicted molar refractivity (Wildman–Crippen MR) is 72.9 cm³/mol. The number of hydrogen-bond acceptors (Lipinski definition) is 6. The van der Waals surface area contributed by atoms with Gasteiger partial charge in [0.25, 0.3) is 0 Å². The molecule has 0 unspecified atom stereocenters. The first kappa shape index (κ1) is 14.3. The highest BCUT2D eigenvalue weighted by molar-refractivity contribution is 7.99. The highest BCUT2D eigenvalue weighted by atomic mass is 32.2. The van der Waals surface area contributed by atoms with Crippen LogP contribution in [0, 0.1) is 0 Å². The van der Waals surface area contributed by atoms with E-state index in [1.54, 1.807) is 11.8 Å². The molecule has 2 rings (SSSR count). The molecule has 0 bridgehead atoms. The normalized spacial score (nSPS) is 10.4. The lowest BCUT2D eigenvalue weighted by Gasteiger charge is -2.08. The summed E-state index contributed by atoms with van der Waals surface area (Å²) >= 11 is 1.10. The van der Waals surface area contributed by atoms with Gasteiger partial charge in [-0.25, -0.2) is 4.68 Å². The second kappa shape index (κ2) is 6.90. The van der Waals surface area contributed by atoms with Gasteiger partial charge in [0.2, 0.25) is 5.16 Å². The molecule has 1 aromatic heterocycles. The van der Waals surface area contributed by atoms with E-state index in [1.165, 1.54) is 0 Å². The van der Waals surface area contributed by atoms with Crippen molar-refractivity contribution in [3.05, 3.63) is 29.8 Å². The summed E-state index contributed by atoms with van der Waals surface area (Å²) in [4.78, 5) is 10.6. The number of thioether (sulfide) groups is 1. The average molecular weight is 294 g/mol. The van der Waals surface area contributed by atoms with Crippen molar-refractivity contribution in [2.45, 2.75) is 18.1 Å². The lowest BCUT2D eigenvalue weighted by molar-refractivity contribution is -0.133. The van der Waals surface area contributed by atoms with E-state index in [2.05, 4.69) is 15.5 Å². The van der Waals surface area contributed by atoms with Crippen LogP contribution in [0.3, 0.4) is 0 Å². The third-order valence-corrected chi connectivity index (χ3v) is 3.55. The number of carboxylic acids is 1. The number of ether oxygens (including phenoxy) is 1. The van der Waals surface area contributed by atoms with Gasteiger partial charge in [-0.1, -0.05) is 30.0 Å². The number of aliphatic carboxylic acids is 1. The quantitative estimate of drug-likeness (QED) is 0.765. The van der Waals surface area contributed by atoms with E-state index >= 15 is 0 Å². The number of hydrogen-bond donors (Lipinski definition) is 1. The molecule has 0 radical (unpaired) electrons. The Morgan fingerprint density at radius 1 is 1.45 bits per heavy atom. The van der Waals surface area contributed by atoms with Gasteiger partial charge >= 0.3 is 5.97 Å². The second-order valence-corrected chi connectivity index (χ2v) is 4.87. The maximum absolute atomic E-state index is 10.6. The number of nitrogens with zero attached hydrogens (tertiary/aromatic N) is 4. The zero-order chi connectivity index (χ0) is 14.4. The molecule has 0 saturated heterocycles. The van der Waals surface area contributed by atoms with Gasteiger partial charge in [-0.2, -0.15) is 0 Å². The standard InChI is InChI=1S/C12H14N4O3S/c1-19-10-5-3-2-4-9(10)6-7-16-12(13-14-15-16)20-8-11(17)18/h2-5H,6-8H2,1H3,(H,17,18). The van der Waals surface area contributed by atoms with Crippen LogP contribution in [-0.2, 0) is 17.8 Å². The fourth-order valence-corrected chi connectivity index (χ4v) is 2.33. The zero-order valence-electron chi connectivity index (χ0n) is 10.9. The molecule has 0 fully saturated rings. The molecular formula is C12H14N4O3S. The maximum atomic E-state index is 10.6. The fraction of sp³-hybridized carbons (Fsp3) is 0.333. The SMILES string of the molecule is COc1ccccc1CCn1nnnc1SCC(=O)O. The summed E-state index contributed by atoms with van der Waals surface area (Å²) in [5, 5.41) is 20.4. The molecule has 0 saturated carbocycles. The van der Waals surface area contributed by atoms with Crippen molar-refractivity contribution in [1.29, 1.82) is 0 Å². The number of methoxy groups -OCH3 is 1. The molecule has 1 N–H and O–H groups in total. The van der Waals surface area contributed by atoms with Crippen LogP contribution in [0.25, 0.3) is 0 Å². The third kappa shape index (κ3) is 3.70. The van der Waals surface area contributed by atoms with Crippen LogP contribution in [0.4, 0.5) is 0 Å². The summed E-state index contributed by atoms with van der Waals surface area (Å²) in [6.45, 7) is 0.565. The Balaban J connectivity index is 2.00. The predicted octanol–water partition coefficient (Wildman–Crippen LogP) is 1.10. The largest absolute Gasteiger partial charge is 0.496 e. The van der Waals surface area contributed by atoms with Gasteiger partial charge in [0.15, 0.2) is 0 Å². The minimum Gasteiger partial charge on any atom is -0.496 e. The smallest absolute Gasteiger partial charge is 0.313 e. The Hall–Kier alpha value is -2.09. The number of para-hydroxylation sites is 1. The second-order valence-electron chi connectivity index (χ2n) is 3.93. The van der Waals surface area contributed by atoms with Crippen molar-refractivity contribution in [2.75, 3.05) is 12.9 Å².